The lowest BCUT2D eigenvalue weighted by molar-refractivity contribution is -0.133. The molecule has 0 aromatic rings. The lowest BCUT2D eigenvalue weighted by Crippen LogP contribution is -2.65. The standard InChI is InChI=1S/C8H17NO/c1-5-6(9)8(2,3)7(5)10-4/h5-7H,9H2,1-4H3/t5-,6-,7+/m0/s1. The number of hydrogen-bond donors (Lipinski definition) is 1. The minimum absolute atomic E-state index is 0.175. The Bertz CT molecular complexity index is 133. The van der Waals surface area contributed by atoms with Crippen LogP contribution in [-0.4, -0.2) is 19.3 Å². The summed E-state index contributed by atoms with van der Waals surface area (Å²) in [6.45, 7) is 6.46. The van der Waals surface area contributed by atoms with Gasteiger partial charge >= 0.3 is 0 Å². The topological polar surface area (TPSA) is 35.2 Å². The SMILES string of the molecule is CO[C@@H]1[C@@H](C)[C@H](N)C1(C)C. The van der Waals surface area contributed by atoms with Gasteiger partial charge in [-0.1, -0.05) is 20.8 Å². The van der Waals surface area contributed by atoms with Crippen LogP contribution in [-0.2, 0) is 4.74 Å². The fourth-order valence-corrected chi connectivity index (χ4v) is 2.13. The van der Waals surface area contributed by atoms with Crippen molar-refractivity contribution in [2.45, 2.75) is 32.9 Å². The van der Waals surface area contributed by atoms with Gasteiger partial charge in [-0.2, -0.15) is 0 Å². The third kappa shape index (κ3) is 0.789. The molecule has 0 unspecified atom stereocenters. The van der Waals surface area contributed by atoms with Gasteiger partial charge in [-0.25, -0.2) is 0 Å². The highest BCUT2D eigenvalue weighted by Crippen LogP contribution is 2.45. The van der Waals surface area contributed by atoms with Crippen LogP contribution in [0.15, 0.2) is 0 Å². The first-order valence-corrected chi connectivity index (χ1v) is 3.80. The molecule has 1 aliphatic rings. The van der Waals surface area contributed by atoms with Crippen molar-refractivity contribution in [2.24, 2.45) is 17.1 Å². The highest BCUT2D eigenvalue weighted by molar-refractivity contribution is 5.05. The highest BCUT2D eigenvalue weighted by atomic mass is 16.5. The van der Waals surface area contributed by atoms with E-state index < -0.39 is 0 Å². The minimum atomic E-state index is 0.175. The largest absolute Gasteiger partial charge is 0.381 e. The predicted octanol–water partition coefficient (Wildman–Crippen LogP) is 1.00. The van der Waals surface area contributed by atoms with Gasteiger partial charge in [0.05, 0.1) is 6.10 Å². The van der Waals surface area contributed by atoms with Gasteiger partial charge in [0.1, 0.15) is 0 Å². The summed E-state index contributed by atoms with van der Waals surface area (Å²) in [5, 5.41) is 0. The van der Waals surface area contributed by atoms with E-state index in [-0.39, 0.29) is 5.41 Å². The van der Waals surface area contributed by atoms with Crippen LogP contribution in [0.1, 0.15) is 20.8 Å². The highest BCUT2D eigenvalue weighted by Gasteiger charge is 2.52. The molecule has 0 saturated heterocycles. The first-order valence-electron chi connectivity index (χ1n) is 3.80. The molecule has 1 rings (SSSR count). The Morgan fingerprint density at radius 3 is 2.10 bits per heavy atom. The van der Waals surface area contributed by atoms with Crippen LogP contribution < -0.4 is 5.73 Å². The maximum atomic E-state index is 5.89. The molecule has 2 nitrogen and oxygen atoms in total. The molecule has 1 aliphatic carbocycles. The number of rotatable bonds is 1. The van der Waals surface area contributed by atoms with Gasteiger partial charge in [0, 0.05) is 18.6 Å². The monoisotopic (exact) mass is 143 g/mol. The summed E-state index contributed by atoms with van der Waals surface area (Å²) in [6, 6.07) is 0.303. The van der Waals surface area contributed by atoms with E-state index in [0.29, 0.717) is 18.1 Å². The molecule has 0 radical (unpaired) electrons. The van der Waals surface area contributed by atoms with E-state index in [4.69, 9.17) is 10.5 Å². The van der Waals surface area contributed by atoms with Gasteiger partial charge in [0.25, 0.3) is 0 Å². The van der Waals surface area contributed by atoms with E-state index in [0.717, 1.165) is 0 Å². The second-order valence-corrected chi connectivity index (χ2v) is 3.86. The minimum Gasteiger partial charge on any atom is -0.381 e. The third-order valence-electron chi connectivity index (χ3n) is 2.89. The molecule has 0 heterocycles. The van der Waals surface area contributed by atoms with Crippen LogP contribution >= 0.6 is 0 Å². The van der Waals surface area contributed by atoms with Crippen molar-refractivity contribution >= 4 is 0 Å². The lowest BCUT2D eigenvalue weighted by Gasteiger charge is -2.54. The zero-order valence-corrected chi connectivity index (χ0v) is 7.22. The fraction of sp³-hybridized carbons (Fsp3) is 1.00. The van der Waals surface area contributed by atoms with Gasteiger partial charge in [-0.05, 0) is 5.92 Å². The maximum absolute atomic E-state index is 5.89. The molecule has 0 bridgehead atoms. The Balaban J connectivity index is 2.61. The van der Waals surface area contributed by atoms with Crippen molar-refractivity contribution < 1.29 is 4.74 Å². The van der Waals surface area contributed by atoms with Crippen molar-refractivity contribution in [2.75, 3.05) is 7.11 Å². The van der Waals surface area contributed by atoms with Crippen molar-refractivity contribution in [1.82, 2.24) is 0 Å². The van der Waals surface area contributed by atoms with Crippen molar-refractivity contribution in [3.05, 3.63) is 0 Å². The average Bonchev–Trinajstić information content (AvgIpc) is 1.88. The van der Waals surface area contributed by atoms with E-state index in [1.54, 1.807) is 7.11 Å². The first-order chi connectivity index (χ1) is 4.51. The molecule has 1 saturated carbocycles. The fourth-order valence-electron chi connectivity index (χ4n) is 2.13. The normalized spacial score (nSPS) is 44.7. The average molecular weight is 143 g/mol. The van der Waals surface area contributed by atoms with Crippen LogP contribution in [0.25, 0.3) is 0 Å². The van der Waals surface area contributed by atoms with Gasteiger partial charge < -0.3 is 10.5 Å². The summed E-state index contributed by atoms with van der Waals surface area (Å²) < 4.78 is 5.30. The molecule has 60 valence electrons. The van der Waals surface area contributed by atoms with Gasteiger partial charge in [0.15, 0.2) is 0 Å². The molecular weight excluding hydrogens is 126 g/mol. The Hall–Kier alpha value is -0.0800. The zero-order valence-electron chi connectivity index (χ0n) is 7.22. The number of hydrogen-bond acceptors (Lipinski definition) is 2. The summed E-state index contributed by atoms with van der Waals surface area (Å²) in [6.07, 6.45) is 0.350. The Morgan fingerprint density at radius 2 is 1.90 bits per heavy atom. The summed E-state index contributed by atoms with van der Waals surface area (Å²) in [5.74, 6) is 0.514. The van der Waals surface area contributed by atoms with E-state index in [2.05, 4.69) is 20.8 Å². The molecule has 0 aromatic carbocycles. The Labute approximate surface area is 62.7 Å². The smallest absolute Gasteiger partial charge is 0.0677 e. The molecule has 0 aliphatic heterocycles. The molecule has 0 amide bonds. The molecule has 1 fully saturated rings. The summed E-state index contributed by atoms with van der Waals surface area (Å²) >= 11 is 0. The van der Waals surface area contributed by atoms with E-state index in [1.165, 1.54) is 0 Å². The van der Waals surface area contributed by atoms with E-state index in [9.17, 15) is 0 Å². The van der Waals surface area contributed by atoms with Gasteiger partial charge in [-0.3, -0.25) is 0 Å². The van der Waals surface area contributed by atoms with Crippen LogP contribution in [0.2, 0.25) is 0 Å². The predicted molar refractivity (Wildman–Crippen MR) is 41.7 cm³/mol. The number of methoxy groups -OCH3 is 1. The molecular formula is C8H17NO. The Morgan fingerprint density at radius 1 is 1.40 bits per heavy atom. The summed E-state index contributed by atoms with van der Waals surface area (Å²) in [4.78, 5) is 0. The number of nitrogens with two attached hydrogens (primary N) is 1. The van der Waals surface area contributed by atoms with E-state index in [1.807, 2.05) is 0 Å². The molecule has 2 heteroatoms. The van der Waals surface area contributed by atoms with Crippen LogP contribution in [0, 0.1) is 11.3 Å². The van der Waals surface area contributed by atoms with Gasteiger partial charge in [0.2, 0.25) is 0 Å². The van der Waals surface area contributed by atoms with Crippen molar-refractivity contribution in [1.29, 1.82) is 0 Å². The molecule has 10 heavy (non-hydrogen) atoms. The maximum Gasteiger partial charge on any atom is 0.0677 e. The molecule has 0 aromatic heterocycles. The summed E-state index contributed by atoms with van der Waals surface area (Å²) in [5.41, 5.74) is 6.06. The van der Waals surface area contributed by atoms with Crippen molar-refractivity contribution in [3.8, 4) is 0 Å². The molecule has 0 spiro atoms. The molecule has 3 atom stereocenters. The van der Waals surface area contributed by atoms with Crippen molar-refractivity contribution in [3.63, 3.8) is 0 Å². The van der Waals surface area contributed by atoms with E-state index >= 15 is 0 Å². The quantitative estimate of drug-likeness (QED) is 0.594. The lowest BCUT2D eigenvalue weighted by atomic mass is 9.58. The summed E-state index contributed by atoms with van der Waals surface area (Å²) in [7, 11) is 1.76. The van der Waals surface area contributed by atoms with Crippen LogP contribution in [0.4, 0.5) is 0 Å². The third-order valence-corrected chi connectivity index (χ3v) is 2.89. The first kappa shape index (κ1) is 8.02. The molecule has 2 N–H and O–H groups in total. The van der Waals surface area contributed by atoms with Crippen LogP contribution in [0.3, 0.4) is 0 Å². The zero-order chi connectivity index (χ0) is 7.94. The second kappa shape index (κ2) is 2.21. The Kier molecular flexibility index (Phi) is 1.77. The number of ether oxygens (including phenoxy) is 1. The second-order valence-electron chi connectivity index (χ2n) is 3.86. The van der Waals surface area contributed by atoms with Crippen LogP contribution in [0.5, 0.6) is 0 Å². The van der Waals surface area contributed by atoms with Gasteiger partial charge in [-0.15, -0.1) is 0 Å².